The fourth-order valence-electron chi connectivity index (χ4n) is 2.01. The summed E-state index contributed by atoms with van der Waals surface area (Å²) in [5.74, 6) is 0. The van der Waals surface area contributed by atoms with Crippen molar-refractivity contribution in [3.63, 3.8) is 0 Å². The molecule has 1 aliphatic rings. The van der Waals surface area contributed by atoms with Gasteiger partial charge in [-0.15, -0.1) is 0 Å². The second kappa shape index (κ2) is 5.78. The summed E-state index contributed by atoms with van der Waals surface area (Å²) < 4.78 is 1.05. The van der Waals surface area contributed by atoms with Crippen molar-refractivity contribution in [1.82, 2.24) is 0 Å². The number of hydrogen-bond donors (Lipinski definition) is 0. The molecule has 0 N–H and O–H groups in total. The molecule has 1 nitrogen and oxygen atoms in total. The molecule has 2 heteroatoms. The van der Waals surface area contributed by atoms with Crippen LogP contribution in [0.5, 0.6) is 0 Å². The molecule has 74 valence electrons. The summed E-state index contributed by atoms with van der Waals surface area (Å²) in [7, 11) is 0. The van der Waals surface area contributed by atoms with Crippen LogP contribution in [0.2, 0.25) is 0 Å². The highest BCUT2D eigenvalue weighted by molar-refractivity contribution is 14.1. The lowest BCUT2D eigenvalue weighted by Gasteiger charge is -2.30. The molecule has 0 saturated heterocycles. The molecule has 0 aromatic heterocycles. The fraction of sp³-hybridized carbons (Fsp3) is 0.727. The zero-order valence-electron chi connectivity index (χ0n) is 7.97. The Labute approximate surface area is 94.1 Å². The third-order valence-electron chi connectivity index (χ3n) is 2.88. The Morgan fingerprint density at radius 3 is 2.38 bits per heavy atom. The highest BCUT2D eigenvalue weighted by Crippen LogP contribution is 2.37. The number of aldehydes is 1. The number of rotatable bonds is 4. The van der Waals surface area contributed by atoms with Gasteiger partial charge in [0.25, 0.3) is 0 Å². The Bertz CT molecular complexity index is 181. The average Bonchev–Trinajstić information content (AvgIpc) is 2.20. The first-order valence-corrected chi connectivity index (χ1v) is 6.53. The van der Waals surface area contributed by atoms with E-state index in [4.69, 9.17) is 0 Å². The number of carbonyl (C=O) groups is 1. The van der Waals surface area contributed by atoms with E-state index in [0.717, 1.165) is 23.7 Å². The molecule has 0 radical (unpaired) electrons. The summed E-state index contributed by atoms with van der Waals surface area (Å²) in [5, 5.41) is 0. The molecule has 1 saturated carbocycles. The van der Waals surface area contributed by atoms with Gasteiger partial charge in [-0.05, 0) is 19.3 Å². The van der Waals surface area contributed by atoms with Crippen LogP contribution in [0.3, 0.4) is 0 Å². The van der Waals surface area contributed by atoms with E-state index in [9.17, 15) is 4.79 Å². The van der Waals surface area contributed by atoms with Crippen molar-refractivity contribution in [2.75, 3.05) is 4.43 Å². The molecule has 0 aromatic carbocycles. The van der Waals surface area contributed by atoms with Crippen molar-refractivity contribution >= 4 is 28.9 Å². The predicted molar refractivity (Wildman–Crippen MR) is 64.2 cm³/mol. The van der Waals surface area contributed by atoms with E-state index >= 15 is 0 Å². The lowest BCUT2D eigenvalue weighted by Crippen LogP contribution is -2.24. The van der Waals surface area contributed by atoms with Gasteiger partial charge in [0.2, 0.25) is 0 Å². The summed E-state index contributed by atoms with van der Waals surface area (Å²) in [5.41, 5.74) is 0.000556. The van der Waals surface area contributed by atoms with Gasteiger partial charge in [-0.3, -0.25) is 0 Å². The number of carbonyl (C=O) groups excluding carboxylic acids is 1. The van der Waals surface area contributed by atoms with Crippen LogP contribution >= 0.6 is 22.6 Å². The molecule has 1 aliphatic carbocycles. The molecule has 0 heterocycles. The predicted octanol–water partition coefficient (Wildman–Crippen LogP) is 3.52. The molecule has 0 unspecified atom stereocenters. The molecule has 0 atom stereocenters. The monoisotopic (exact) mass is 292 g/mol. The summed E-state index contributed by atoms with van der Waals surface area (Å²) in [4.78, 5) is 11.0. The van der Waals surface area contributed by atoms with E-state index in [2.05, 4.69) is 34.7 Å². The van der Waals surface area contributed by atoms with Gasteiger partial charge in [-0.1, -0.05) is 54.0 Å². The zero-order valence-corrected chi connectivity index (χ0v) is 10.1. The quantitative estimate of drug-likeness (QED) is 0.335. The van der Waals surface area contributed by atoms with Gasteiger partial charge < -0.3 is 4.79 Å². The van der Waals surface area contributed by atoms with Gasteiger partial charge >= 0.3 is 0 Å². The van der Waals surface area contributed by atoms with Crippen molar-refractivity contribution in [3.8, 4) is 0 Å². The lowest BCUT2D eigenvalue weighted by molar-refractivity contribution is -0.117. The van der Waals surface area contributed by atoms with Gasteiger partial charge in [0.15, 0.2) is 0 Å². The number of hydrogen-bond acceptors (Lipinski definition) is 1. The Hall–Kier alpha value is 0.140. The SMILES string of the molecule is O=CC1(C/C=C\CI)CCCCC1. The maximum absolute atomic E-state index is 11.0. The van der Waals surface area contributed by atoms with Gasteiger partial charge in [0.1, 0.15) is 6.29 Å². The number of halogens is 1. The molecule has 0 amide bonds. The molecule has 0 aliphatic heterocycles. The molecule has 0 aromatic rings. The molecule has 1 fully saturated rings. The van der Waals surface area contributed by atoms with Gasteiger partial charge in [-0.2, -0.15) is 0 Å². The van der Waals surface area contributed by atoms with Crippen molar-refractivity contribution in [1.29, 1.82) is 0 Å². The van der Waals surface area contributed by atoms with Crippen LogP contribution in [-0.2, 0) is 4.79 Å². The lowest BCUT2D eigenvalue weighted by atomic mass is 9.73. The number of alkyl halides is 1. The van der Waals surface area contributed by atoms with Gasteiger partial charge in [0, 0.05) is 9.84 Å². The van der Waals surface area contributed by atoms with Gasteiger partial charge in [-0.25, -0.2) is 0 Å². The fourth-order valence-corrected chi connectivity index (χ4v) is 2.37. The molecule has 0 spiro atoms. The van der Waals surface area contributed by atoms with Crippen LogP contribution < -0.4 is 0 Å². The largest absolute Gasteiger partial charge is 0.303 e. The summed E-state index contributed by atoms with van der Waals surface area (Å²) in [6.07, 6.45) is 12.5. The third kappa shape index (κ3) is 3.41. The van der Waals surface area contributed by atoms with Crippen molar-refractivity contribution in [2.45, 2.75) is 38.5 Å². The topological polar surface area (TPSA) is 17.1 Å². The third-order valence-corrected chi connectivity index (χ3v) is 3.39. The molecule has 0 bridgehead atoms. The second-order valence-corrected chi connectivity index (χ2v) is 4.75. The summed E-state index contributed by atoms with van der Waals surface area (Å²) in [6.45, 7) is 0. The van der Waals surface area contributed by atoms with E-state index in [-0.39, 0.29) is 5.41 Å². The molecule has 1 rings (SSSR count). The van der Waals surface area contributed by atoms with Crippen LogP contribution in [0.1, 0.15) is 38.5 Å². The standard InChI is InChI=1S/C11H17IO/c12-9-5-4-8-11(10-13)6-2-1-3-7-11/h4-5,10H,1-3,6-9H2/b5-4-. The van der Waals surface area contributed by atoms with Crippen LogP contribution in [0.15, 0.2) is 12.2 Å². The first kappa shape index (κ1) is 11.2. The first-order valence-electron chi connectivity index (χ1n) is 5.00. The average molecular weight is 292 g/mol. The minimum Gasteiger partial charge on any atom is -0.303 e. The summed E-state index contributed by atoms with van der Waals surface area (Å²) in [6, 6.07) is 0. The normalized spacial score (nSPS) is 21.9. The minimum absolute atomic E-state index is 0.000556. The molecular weight excluding hydrogens is 275 g/mol. The van der Waals surface area contributed by atoms with Crippen LogP contribution in [0.4, 0.5) is 0 Å². The first-order chi connectivity index (χ1) is 6.33. The highest BCUT2D eigenvalue weighted by atomic mass is 127. The number of allylic oxidation sites excluding steroid dienone is 2. The van der Waals surface area contributed by atoms with Gasteiger partial charge in [0.05, 0.1) is 0 Å². The zero-order chi connectivity index (χ0) is 9.57. The second-order valence-electron chi connectivity index (χ2n) is 3.87. The Balaban J connectivity index is 2.47. The Morgan fingerprint density at radius 2 is 1.85 bits per heavy atom. The van der Waals surface area contributed by atoms with Crippen LogP contribution in [0, 0.1) is 5.41 Å². The Morgan fingerprint density at radius 1 is 1.15 bits per heavy atom. The van der Waals surface area contributed by atoms with Crippen LogP contribution in [0.25, 0.3) is 0 Å². The summed E-state index contributed by atoms with van der Waals surface area (Å²) >= 11 is 2.32. The maximum atomic E-state index is 11.0. The van der Waals surface area contributed by atoms with E-state index in [1.54, 1.807) is 0 Å². The smallest absolute Gasteiger partial charge is 0.126 e. The maximum Gasteiger partial charge on any atom is 0.126 e. The highest BCUT2D eigenvalue weighted by Gasteiger charge is 2.29. The van der Waals surface area contributed by atoms with E-state index in [1.807, 2.05) is 0 Å². The van der Waals surface area contributed by atoms with Crippen LogP contribution in [-0.4, -0.2) is 10.7 Å². The Kier molecular flexibility index (Phi) is 4.99. The van der Waals surface area contributed by atoms with E-state index in [1.165, 1.54) is 25.5 Å². The van der Waals surface area contributed by atoms with Crippen molar-refractivity contribution in [3.05, 3.63) is 12.2 Å². The van der Waals surface area contributed by atoms with Crippen molar-refractivity contribution in [2.24, 2.45) is 5.41 Å². The molecular formula is C11H17IO. The van der Waals surface area contributed by atoms with E-state index < -0.39 is 0 Å². The van der Waals surface area contributed by atoms with Crippen molar-refractivity contribution < 1.29 is 4.79 Å². The minimum atomic E-state index is 0.000556. The molecule has 13 heavy (non-hydrogen) atoms. The van der Waals surface area contributed by atoms with E-state index in [0.29, 0.717) is 0 Å².